The summed E-state index contributed by atoms with van der Waals surface area (Å²) in [6.07, 6.45) is 0.967. The van der Waals surface area contributed by atoms with Gasteiger partial charge >= 0.3 is 0 Å². The van der Waals surface area contributed by atoms with Crippen molar-refractivity contribution < 1.29 is 9.47 Å². The molecule has 0 aliphatic carbocycles. The summed E-state index contributed by atoms with van der Waals surface area (Å²) in [5, 5.41) is 3.26. The number of nitrogens with one attached hydrogen (secondary N) is 1. The van der Waals surface area contributed by atoms with E-state index in [1.54, 1.807) is 0 Å². The standard InChI is InChI=1S/C10H14N2O2/c11-4-1-5-12-8-2-3-9-10(6-8)14-7-13-9/h2-3,6,12H,1,4-5,7,11H2. The van der Waals surface area contributed by atoms with Gasteiger partial charge < -0.3 is 20.5 Å². The van der Waals surface area contributed by atoms with Crippen molar-refractivity contribution in [3.63, 3.8) is 0 Å². The molecule has 0 saturated carbocycles. The van der Waals surface area contributed by atoms with Gasteiger partial charge in [0.15, 0.2) is 11.5 Å². The van der Waals surface area contributed by atoms with Crippen LogP contribution in [0.2, 0.25) is 0 Å². The van der Waals surface area contributed by atoms with Gasteiger partial charge in [-0.3, -0.25) is 0 Å². The van der Waals surface area contributed by atoms with Gasteiger partial charge in [0.25, 0.3) is 0 Å². The molecule has 76 valence electrons. The van der Waals surface area contributed by atoms with Crippen LogP contribution in [0.5, 0.6) is 11.5 Å². The summed E-state index contributed by atoms with van der Waals surface area (Å²) in [6.45, 7) is 1.91. The summed E-state index contributed by atoms with van der Waals surface area (Å²) >= 11 is 0. The smallest absolute Gasteiger partial charge is 0.231 e. The lowest BCUT2D eigenvalue weighted by molar-refractivity contribution is 0.174. The lowest BCUT2D eigenvalue weighted by Crippen LogP contribution is -2.08. The first-order chi connectivity index (χ1) is 6.90. The summed E-state index contributed by atoms with van der Waals surface area (Å²) < 4.78 is 10.5. The minimum Gasteiger partial charge on any atom is -0.454 e. The lowest BCUT2D eigenvalue weighted by Gasteiger charge is -2.05. The van der Waals surface area contributed by atoms with Crippen LogP contribution in [0.15, 0.2) is 18.2 Å². The average molecular weight is 194 g/mol. The van der Waals surface area contributed by atoms with Crippen molar-refractivity contribution in [2.24, 2.45) is 5.73 Å². The first kappa shape index (κ1) is 9.15. The zero-order valence-corrected chi connectivity index (χ0v) is 7.95. The number of rotatable bonds is 4. The van der Waals surface area contributed by atoms with Crippen molar-refractivity contribution in [1.29, 1.82) is 0 Å². The topological polar surface area (TPSA) is 56.5 Å². The highest BCUT2D eigenvalue weighted by molar-refractivity contribution is 5.55. The maximum absolute atomic E-state index is 5.40. The molecule has 1 aliphatic rings. The van der Waals surface area contributed by atoms with Gasteiger partial charge in [-0.2, -0.15) is 0 Å². The predicted molar refractivity (Wildman–Crippen MR) is 54.7 cm³/mol. The summed E-state index contributed by atoms with van der Waals surface area (Å²) in [6, 6.07) is 5.83. The molecule has 0 radical (unpaired) electrons. The number of ether oxygens (including phenoxy) is 2. The molecule has 1 heterocycles. The molecule has 1 aliphatic heterocycles. The highest BCUT2D eigenvalue weighted by Gasteiger charge is 2.12. The number of nitrogens with two attached hydrogens (primary N) is 1. The van der Waals surface area contributed by atoms with E-state index in [0.717, 1.165) is 30.2 Å². The summed E-state index contributed by atoms with van der Waals surface area (Å²) in [5.74, 6) is 1.62. The van der Waals surface area contributed by atoms with Gasteiger partial charge in [-0.05, 0) is 25.1 Å². The molecule has 0 aromatic heterocycles. The molecular weight excluding hydrogens is 180 g/mol. The van der Waals surface area contributed by atoms with Crippen molar-refractivity contribution in [3.8, 4) is 11.5 Å². The van der Waals surface area contributed by atoms with Gasteiger partial charge in [0.2, 0.25) is 6.79 Å². The SMILES string of the molecule is NCCCNc1ccc2c(c1)OCO2. The minimum absolute atomic E-state index is 0.321. The number of benzene rings is 1. The van der Waals surface area contributed by atoms with Crippen molar-refractivity contribution in [2.45, 2.75) is 6.42 Å². The van der Waals surface area contributed by atoms with Crippen molar-refractivity contribution >= 4 is 5.69 Å². The Balaban J connectivity index is 1.98. The van der Waals surface area contributed by atoms with Gasteiger partial charge in [-0.25, -0.2) is 0 Å². The molecule has 0 saturated heterocycles. The molecular formula is C10H14N2O2. The van der Waals surface area contributed by atoms with Crippen molar-refractivity contribution in [3.05, 3.63) is 18.2 Å². The van der Waals surface area contributed by atoms with Crippen LogP contribution in [0, 0.1) is 0 Å². The Morgan fingerprint density at radius 1 is 1.29 bits per heavy atom. The van der Waals surface area contributed by atoms with Crippen LogP contribution in [-0.4, -0.2) is 19.9 Å². The second kappa shape index (κ2) is 4.19. The highest BCUT2D eigenvalue weighted by atomic mass is 16.7. The van der Waals surface area contributed by atoms with E-state index in [-0.39, 0.29) is 0 Å². The first-order valence-electron chi connectivity index (χ1n) is 4.74. The molecule has 4 heteroatoms. The average Bonchev–Trinajstić information content (AvgIpc) is 2.65. The van der Waals surface area contributed by atoms with Gasteiger partial charge in [-0.1, -0.05) is 0 Å². The van der Waals surface area contributed by atoms with Crippen LogP contribution in [0.3, 0.4) is 0 Å². The van der Waals surface area contributed by atoms with Crippen LogP contribution in [0.1, 0.15) is 6.42 Å². The fourth-order valence-electron chi connectivity index (χ4n) is 1.34. The van der Waals surface area contributed by atoms with Gasteiger partial charge in [-0.15, -0.1) is 0 Å². The van der Waals surface area contributed by atoms with E-state index in [0.29, 0.717) is 13.3 Å². The molecule has 0 fully saturated rings. The molecule has 3 N–H and O–H groups in total. The van der Waals surface area contributed by atoms with Crippen LogP contribution in [0.4, 0.5) is 5.69 Å². The lowest BCUT2D eigenvalue weighted by atomic mass is 10.2. The Morgan fingerprint density at radius 2 is 2.14 bits per heavy atom. The van der Waals surface area contributed by atoms with Gasteiger partial charge in [0.05, 0.1) is 0 Å². The predicted octanol–water partition coefficient (Wildman–Crippen LogP) is 1.18. The quantitative estimate of drug-likeness (QED) is 0.706. The Hall–Kier alpha value is -1.42. The Bertz CT molecular complexity index is 315. The van der Waals surface area contributed by atoms with Crippen LogP contribution < -0.4 is 20.5 Å². The van der Waals surface area contributed by atoms with E-state index in [2.05, 4.69) is 5.32 Å². The third kappa shape index (κ3) is 1.90. The van der Waals surface area contributed by atoms with E-state index in [1.807, 2.05) is 18.2 Å². The summed E-state index contributed by atoms with van der Waals surface area (Å²) in [4.78, 5) is 0. The molecule has 14 heavy (non-hydrogen) atoms. The van der Waals surface area contributed by atoms with Crippen LogP contribution in [0.25, 0.3) is 0 Å². The third-order valence-corrected chi connectivity index (χ3v) is 2.08. The van der Waals surface area contributed by atoms with Crippen LogP contribution in [-0.2, 0) is 0 Å². The monoisotopic (exact) mass is 194 g/mol. The van der Waals surface area contributed by atoms with Gasteiger partial charge in [0.1, 0.15) is 0 Å². The largest absolute Gasteiger partial charge is 0.454 e. The molecule has 1 aromatic rings. The summed E-state index contributed by atoms with van der Waals surface area (Å²) in [7, 11) is 0. The molecule has 0 atom stereocenters. The molecule has 0 bridgehead atoms. The number of hydrogen-bond donors (Lipinski definition) is 2. The van der Waals surface area contributed by atoms with Crippen molar-refractivity contribution in [2.75, 3.05) is 25.2 Å². The Morgan fingerprint density at radius 3 is 3.00 bits per heavy atom. The molecule has 4 nitrogen and oxygen atoms in total. The normalized spacial score (nSPS) is 12.9. The zero-order chi connectivity index (χ0) is 9.80. The van der Waals surface area contributed by atoms with E-state index < -0.39 is 0 Å². The van der Waals surface area contributed by atoms with E-state index in [4.69, 9.17) is 15.2 Å². The molecule has 2 rings (SSSR count). The summed E-state index contributed by atoms with van der Waals surface area (Å²) in [5.41, 5.74) is 6.44. The molecule has 0 unspecified atom stereocenters. The Kier molecular flexibility index (Phi) is 2.74. The maximum atomic E-state index is 5.40. The Labute approximate surface area is 83.0 Å². The van der Waals surface area contributed by atoms with E-state index >= 15 is 0 Å². The first-order valence-corrected chi connectivity index (χ1v) is 4.74. The maximum Gasteiger partial charge on any atom is 0.231 e. The fraction of sp³-hybridized carbons (Fsp3) is 0.400. The second-order valence-corrected chi connectivity index (χ2v) is 3.14. The number of hydrogen-bond acceptors (Lipinski definition) is 4. The minimum atomic E-state index is 0.321. The molecule has 0 spiro atoms. The number of anilines is 1. The van der Waals surface area contributed by atoms with Gasteiger partial charge in [0, 0.05) is 18.3 Å². The van der Waals surface area contributed by atoms with Crippen LogP contribution >= 0.6 is 0 Å². The zero-order valence-electron chi connectivity index (χ0n) is 7.95. The van der Waals surface area contributed by atoms with E-state index in [1.165, 1.54) is 0 Å². The second-order valence-electron chi connectivity index (χ2n) is 3.14. The van der Waals surface area contributed by atoms with Crippen molar-refractivity contribution in [1.82, 2.24) is 0 Å². The molecule has 1 aromatic carbocycles. The molecule has 0 amide bonds. The third-order valence-electron chi connectivity index (χ3n) is 2.08. The van der Waals surface area contributed by atoms with E-state index in [9.17, 15) is 0 Å². The fourth-order valence-corrected chi connectivity index (χ4v) is 1.34. The number of fused-ring (bicyclic) bond motifs is 1. The highest BCUT2D eigenvalue weighted by Crippen LogP contribution is 2.34.